The zero-order valence-corrected chi connectivity index (χ0v) is 27.9. The van der Waals surface area contributed by atoms with Crippen LogP contribution in [0.15, 0.2) is 60.7 Å². The lowest BCUT2D eigenvalue weighted by Crippen LogP contribution is -2.33. The van der Waals surface area contributed by atoms with E-state index >= 15 is 0 Å². The number of phenolic OH excluding ortho intramolecular Hbond substituents is 1. The quantitative estimate of drug-likeness (QED) is 0.254. The number of hydrogen-bond acceptors (Lipinski definition) is 2. The Balaban J connectivity index is 1.77. The van der Waals surface area contributed by atoms with Crippen LogP contribution >= 0.6 is 0 Å². The van der Waals surface area contributed by atoms with Crippen LogP contribution < -0.4 is 4.90 Å². The molecule has 2 unspecified atom stereocenters. The Kier molecular flexibility index (Phi) is 10.8. The van der Waals surface area contributed by atoms with Gasteiger partial charge in [0, 0.05) is 18.3 Å². The third-order valence-corrected chi connectivity index (χ3v) is 8.11. The number of hydrogen-bond donors (Lipinski definition) is 1. The molecule has 0 radical (unpaired) electrons. The number of anilines is 1. The van der Waals surface area contributed by atoms with Gasteiger partial charge in [-0.2, -0.15) is 0 Å². The highest BCUT2D eigenvalue weighted by molar-refractivity contribution is 5.52. The van der Waals surface area contributed by atoms with Gasteiger partial charge >= 0.3 is 0 Å². The van der Waals surface area contributed by atoms with Crippen LogP contribution in [0.2, 0.25) is 0 Å². The summed E-state index contributed by atoms with van der Waals surface area (Å²) in [6, 6.07) is 23.2. The molecule has 0 saturated carbocycles. The molecule has 2 atom stereocenters. The van der Waals surface area contributed by atoms with Crippen LogP contribution in [-0.2, 0) is 24.8 Å². The Morgan fingerprint density at radius 3 is 1.78 bits per heavy atom. The minimum absolute atomic E-state index is 0.107. The molecule has 0 heterocycles. The van der Waals surface area contributed by atoms with Crippen molar-refractivity contribution < 1.29 is 5.11 Å². The van der Waals surface area contributed by atoms with Gasteiger partial charge in [0.2, 0.25) is 0 Å². The largest absolute Gasteiger partial charge is 0.507 e. The fourth-order valence-electron chi connectivity index (χ4n) is 6.38. The summed E-state index contributed by atoms with van der Waals surface area (Å²) in [5.41, 5.74) is 8.90. The van der Waals surface area contributed by atoms with E-state index in [1.807, 2.05) is 6.92 Å². The number of aromatic hydroxyl groups is 1. The van der Waals surface area contributed by atoms with Crippen LogP contribution in [0.1, 0.15) is 115 Å². The number of rotatable bonds is 11. The van der Waals surface area contributed by atoms with E-state index in [2.05, 4.69) is 135 Å². The molecule has 41 heavy (non-hydrogen) atoms. The SMILES string of the molecule is Cc1cc(CN(c2ccc(Cc3ccc(CC(C)CC(C)(C)C)cc3)cc2)C(C)CC(C)C)cc(C(C)(C)C)c1O. The van der Waals surface area contributed by atoms with Crippen LogP contribution in [0.25, 0.3) is 0 Å². The van der Waals surface area contributed by atoms with E-state index < -0.39 is 0 Å². The highest BCUT2D eigenvalue weighted by Crippen LogP contribution is 2.35. The van der Waals surface area contributed by atoms with E-state index in [1.54, 1.807) is 0 Å². The molecule has 0 saturated heterocycles. The number of nitrogens with zero attached hydrogens (tertiary/aromatic N) is 1. The van der Waals surface area contributed by atoms with Gasteiger partial charge in [-0.05, 0) is 114 Å². The van der Waals surface area contributed by atoms with Gasteiger partial charge in [-0.15, -0.1) is 0 Å². The molecule has 1 N–H and O–H groups in total. The molecule has 0 aliphatic carbocycles. The van der Waals surface area contributed by atoms with E-state index in [0.717, 1.165) is 36.9 Å². The Morgan fingerprint density at radius 1 is 0.732 bits per heavy atom. The minimum Gasteiger partial charge on any atom is -0.507 e. The zero-order valence-electron chi connectivity index (χ0n) is 27.9. The molecule has 0 fully saturated rings. The maximum absolute atomic E-state index is 10.8. The Labute approximate surface area is 252 Å². The molecule has 0 spiro atoms. The second-order valence-corrected chi connectivity index (χ2v) is 15.4. The first-order valence-electron chi connectivity index (χ1n) is 15.8. The number of phenols is 1. The molecule has 0 aliphatic heterocycles. The van der Waals surface area contributed by atoms with E-state index in [4.69, 9.17) is 0 Å². The molecule has 0 aliphatic rings. The molecular formula is C39H57NO. The number of benzene rings is 3. The van der Waals surface area contributed by atoms with Crippen molar-refractivity contribution >= 4 is 5.69 Å². The van der Waals surface area contributed by atoms with Crippen LogP contribution in [0.5, 0.6) is 5.75 Å². The molecule has 3 aromatic carbocycles. The van der Waals surface area contributed by atoms with E-state index in [1.165, 1.54) is 34.4 Å². The van der Waals surface area contributed by atoms with Gasteiger partial charge < -0.3 is 10.0 Å². The summed E-state index contributed by atoms with van der Waals surface area (Å²) in [5, 5.41) is 10.8. The smallest absolute Gasteiger partial charge is 0.122 e. The van der Waals surface area contributed by atoms with Gasteiger partial charge in [0.05, 0.1) is 0 Å². The highest BCUT2D eigenvalue weighted by Gasteiger charge is 2.23. The van der Waals surface area contributed by atoms with Gasteiger partial charge in [-0.3, -0.25) is 0 Å². The van der Waals surface area contributed by atoms with Crippen molar-refractivity contribution in [2.24, 2.45) is 17.3 Å². The Bertz CT molecular complexity index is 1240. The topological polar surface area (TPSA) is 23.5 Å². The van der Waals surface area contributed by atoms with Crippen molar-refractivity contribution in [3.05, 3.63) is 94.0 Å². The summed E-state index contributed by atoms with van der Waals surface area (Å²) in [4.78, 5) is 2.54. The fourth-order valence-corrected chi connectivity index (χ4v) is 6.38. The predicted molar refractivity (Wildman–Crippen MR) is 179 cm³/mol. The predicted octanol–water partition coefficient (Wildman–Crippen LogP) is 10.6. The van der Waals surface area contributed by atoms with Crippen molar-refractivity contribution in [1.82, 2.24) is 0 Å². The summed E-state index contributed by atoms with van der Waals surface area (Å²) in [5.74, 6) is 1.75. The third-order valence-electron chi connectivity index (χ3n) is 8.11. The van der Waals surface area contributed by atoms with Crippen LogP contribution in [0.3, 0.4) is 0 Å². The normalized spacial score (nSPS) is 13.9. The molecule has 0 amide bonds. The van der Waals surface area contributed by atoms with E-state index in [9.17, 15) is 5.11 Å². The molecule has 2 heteroatoms. The van der Waals surface area contributed by atoms with Gasteiger partial charge in [-0.1, -0.05) is 105 Å². The highest BCUT2D eigenvalue weighted by atomic mass is 16.3. The van der Waals surface area contributed by atoms with Crippen molar-refractivity contribution in [3.63, 3.8) is 0 Å². The standard InChI is InChI=1S/C39H57NO/c1-27(2)20-30(5)40(26-34-22-29(4)37(41)36(24-34)39(9,10)11)35-18-16-33(17-19-35)23-32-14-12-31(13-15-32)21-28(3)25-38(6,7)8/h12-19,22,24,27-28,30,41H,20-21,23,25-26H2,1-11H3. The molecule has 2 nitrogen and oxygen atoms in total. The summed E-state index contributed by atoms with van der Waals surface area (Å²) >= 11 is 0. The van der Waals surface area contributed by atoms with Gasteiger partial charge in [0.1, 0.15) is 5.75 Å². The lowest BCUT2D eigenvalue weighted by Gasteiger charge is -2.33. The molecule has 3 aromatic rings. The first kappa shape index (κ1) is 32.8. The van der Waals surface area contributed by atoms with Gasteiger partial charge in [-0.25, -0.2) is 0 Å². The maximum Gasteiger partial charge on any atom is 0.122 e. The van der Waals surface area contributed by atoms with Crippen LogP contribution in [0.4, 0.5) is 5.69 Å². The zero-order chi connectivity index (χ0) is 30.5. The lowest BCUT2D eigenvalue weighted by atomic mass is 9.83. The maximum atomic E-state index is 10.8. The Hall–Kier alpha value is -2.74. The summed E-state index contributed by atoms with van der Waals surface area (Å²) < 4.78 is 0. The molecule has 0 bridgehead atoms. The van der Waals surface area contributed by atoms with Gasteiger partial charge in [0.25, 0.3) is 0 Å². The minimum atomic E-state index is -0.107. The van der Waals surface area contributed by atoms with Crippen molar-refractivity contribution in [2.45, 2.75) is 120 Å². The molecule has 0 aromatic heterocycles. The molecule has 3 rings (SSSR count). The van der Waals surface area contributed by atoms with Crippen molar-refractivity contribution in [2.75, 3.05) is 4.90 Å². The molecular weight excluding hydrogens is 498 g/mol. The van der Waals surface area contributed by atoms with Crippen LogP contribution in [-0.4, -0.2) is 11.1 Å². The van der Waals surface area contributed by atoms with Crippen molar-refractivity contribution in [3.8, 4) is 5.75 Å². The third kappa shape index (κ3) is 9.94. The second-order valence-electron chi connectivity index (χ2n) is 15.4. The summed E-state index contributed by atoms with van der Waals surface area (Å²) in [7, 11) is 0. The van der Waals surface area contributed by atoms with Crippen molar-refractivity contribution in [1.29, 1.82) is 0 Å². The first-order chi connectivity index (χ1) is 19.0. The monoisotopic (exact) mass is 555 g/mol. The Morgan fingerprint density at radius 2 is 1.27 bits per heavy atom. The van der Waals surface area contributed by atoms with Crippen LogP contribution in [0, 0.1) is 24.2 Å². The number of aryl methyl sites for hydroxylation is 1. The average Bonchev–Trinajstić information content (AvgIpc) is 2.84. The average molecular weight is 556 g/mol. The molecule has 224 valence electrons. The summed E-state index contributed by atoms with van der Waals surface area (Å²) in [6.07, 6.45) is 4.48. The first-order valence-corrected chi connectivity index (χ1v) is 15.8. The van der Waals surface area contributed by atoms with Gasteiger partial charge in [0.15, 0.2) is 0 Å². The van der Waals surface area contributed by atoms with E-state index in [-0.39, 0.29) is 5.41 Å². The second kappa shape index (κ2) is 13.5. The summed E-state index contributed by atoms with van der Waals surface area (Å²) in [6.45, 7) is 25.7. The fraction of sp³-hybridized carbons (Fsp3) is 0.538. The van der Waals surface area contributed by atoms with E-state index in [0.29, 0.717) is 29.0 Å². The lowest BCUT2D eigenvalue weighted by molar-refractivity contribution is 0.306.